The van der Waals surface area contributed by atoms with Crippen LogP contribution in [0.5, 0.6) is 5.75 Å². The number of rotatable bonds is 5. The van der Waals surface area contributed by atoms with Gasteiger partial charge in [-0.25, -0.2) is 14.4 Å². The van der Waals surface area contributed by atoms with Crippen molar-refractivity contribution in [1.82, 2.24) is 19.9 Å². The first-order valence-corrected chi connectivity index (χ1v) is 10.6. The summed E-state index contributed by atoms with van der Waals surface area (Å²) in [4.78, 5) is 15.3. The molecule has 1 atom stereocenters. The molecular weight excluding hydrogens is 395 g/mol. The standard InChI is InChI=1S/C24H25FN4O2/c1-15-21(28-24(31-15)17-11-10-16(30-2)13-18(17)25)14-29-12-6-5-9-22(29)23-26-19-7-3-4-8-20(19)27-23/h3-4,7-8,10-11,13,22H,5-6,9,12,14H2,1-2H3,(H,26,27)/t22-/m0/s1. The molecule has 6 nitrogen and oxygen atoms in total. The molecule has 160 valence electrons. The maximum Gasteiger partial charge on any atom is 0.229 e. The lowest BCUT2D eigenvalue weighted by molar-refractivity contribution is 0.132. The van der Waals surface area contributed by atoms with Gasteiger partial charge in [-0.2, -0.15) is 0 Å². The van der Waals surface area contributed by atoms with Crippen molar-refractivity contribution in [3.63, 3.8) is 0 Å². The number of H-pyrrole nitrogens is 1. The first-order chi connectivity index (χ1) is 15.1. The molecule has 0 spiro atoms. The molecular formula is C24H25FN4O2. The van der Waals surface area contributed by atoms with E-state index in [4.69, 9.17) is 14.1 Å². The number of fused-ring (bicyclic) bond motifs is 1. The van der Waals surface area contributed by atoms with E-state index in [1.807, 2.05) is 25.1 Å². The number of imidazole rings is 1. The van der Waals surface area contributed by atoms with E-state index in [9.17, 15) is 4.39 Å². The zero-order valence-electron chi connectivity index (χ0n) is 17.7. The van der Waals surface area contributed by atoms with Crippen molar-refractivity contribution in [3.05, 3.63) is 65.6 Å². The number of aromatic nitrogens is 3. The second-order valence-corrected chi connectivity index (χ2v) is 7.99. The van der Waals surface area contributed by atoms with Gasteiger partial charge < -0.3 is 14.1 Å². The van der Waals surface area contributed by atoms with Crippen LogP contribution >= 0.6 is 0 Å². The van der Waals surface area contributed by atoms with Gasteiger partial charge in [0.1, 0.15) is 23.2 Å². The van der Waals surface area contributed by atoms with Gasteiger partial charge in [0.05, 0.1) is 35.4 Å². The lowest BCUT2D eigenvalue weighted by Crippen LogP contribution is -2.33. The number of oxazole rings is 1. The minimum Gasteiger partial charge on any atom is -0.497 e. The van der Waals surface area contributed by atoms with E-state index < -0.39 is 5.82 Å². The van der Waals surface area contributed by atoms with E-state index in [0.717, 1.165) is 48.4 Å². The Morgan fingerprint density at radius 1 is 1.19 bits per heavy atom. The maximum atomic E-state index is 14.5. The number of hydrogen-bond donors (Lipinski definition) is 1. The van der Waals surface area contributed by atoms with Crippen LogP contribution in [0.15, 0.2) is 46.9 Å². The van der Waals surface area contributed by atoms with Gasteiger partial charge in [0.25, 0.3) is 0 Å². The zero-order valence-corrected chi connectivity index (χ0v) is 17.7. The smallest absolute Gasteiger partial charge is 0.229 e. The number of aromatic amines is 1. The fourth-order valence-corrected chi connectivity index (χ4v) is 4.30. The molecule has 0 saturated carbocycles. The molecule has 1 aliphatic rings. The molecule has 2 aromatic heterocycles. The largest absolute Gasteiger partial charge is 0.497 e. The van der Waals surface area contributed by atoms with Crippen molar-refractivity contribution < 1.29 is 13.5 Å². The predicted octanol–water partition coefficient (Wildman–Crippen LogP) is 5.40. The summed E-state index contributed by atoms with van der Waals surface area (Å²) in [6.45, 7) is 3.47. The van der Waals surface area contributed by atoms with Gasteiger partial charge in [0, 0.05) is 12.6 Å². The molecule has 0 aliphatic carbocycles. The normalized spacial score (nSPS) is 17.3. The van der Waals surface area contributed by atoms with Crippen molar-refractivity contribution >= 4 is 11.0 Å². The summed E-state index contributed by atoms with van der Waals surface area (Å²) in [7, 11) is 1.51. The Hall–Kier alpha value is -3.19. The van der Waals surface area contributed by atoms with Gasteiger partial charge >= 0.3 is 0 Å². The van der Waals surface area contributed by atoms with E-state index in [-0.39, 0.29) is 6.04 Å². The second-order valence-electron chi connectivity index (χ2n) is 7.99. The van der Waals surface area contributed by atoms with Crippen LogP contribution in [0.25, 0.3) is 22.5 Å². The minimum atomic E-state index is -0.412. The summed E-state index contributed by atoms with van der Waals surface area (Å²) in [5, 5.41) is 0. The van der Waals surface area contributed by atoms with Crippen molar-refractivity contribution in [2.24, 2.45) is 0 Å². The fourth-order valence-electron chi connectivity index (χ4n) is 4.30. The Kier molecular flexibility index (Phi) is 5.19. The van der Waals surface area contributed by atoms with Gasteiger partial charge in [-0.3, -0.25) is 4.90 Å². The first kappa shape index (κ1) is 19.8. The highest BCUT2D eigenvalue weighted by Crippen LogP contribution is 2.33. The monoisotopic (exact) mass is 420 g/mol. The number of halogens is 1. The van der Waals surface area contributed by atoms with Crippen LogP contribution in [0.1, 0.15) is 42.6 Å². The molecule has 4 aromatic rings. The molecule has 5 rings (SSSR count). The Labute approximate surface area is 180 Å². The van der Waals surface area contributed by atoms with Gasteiger partial charge in [0.2, 0.25) is 5.89 Å². The molecule has 3 heterocycles. The van der Waals surface area contributed by atoms with Gasteiger partial charge in [-0.05, 0) is 50.6 Å². The van der Waals surface area contributed by atoms with Crippen LogP contribution in [0.3, 0.4) is 0 Å². The van der Waals surface area contributed by atoms with Gasteiger partial charge in [-0.1, -0.05) is 18.6 Å². The molecule has 2 aromatic carbocycles. The Morgan fingerprint density at radius 3 is 2.87 bits per heavy atom. The lowest BCUT2D eigenvalue weighted by atomic mass is 10.0. The molecule has 1 fully saturated rings. The first-order valence-electron chi connectivity index (χ1n) is 10.6. The SMILES string of the molecule is COc1ccc(-c2nc(CN3CCCC[C@H]3c3nc4ccccc4[nH]3)c(C)o2)c(F)c1. The number of nitrogens with zero attached hydrogens (tertiary/aromatic N) is 3. The number of aryl methyl sites for hydroxylation is 1. The van der Waals surface area contributed by atoms with Crippen molar-refractivity contribution in [1.29, 1.82) is 0 Å². The summed E-state index contributed by atoms with van der Waals surface area (Å²) < 4.78 is 25.4. The topological polar surface area (TPSA) is 67.2 Å². The van der Waals surface area contributed by atoms with Crippen molar-refractivity contribution in [2.45, 2.75) is 38.8 Å². The predicted molar refractivity (Wildman–Crippen MR) is 116 cm³/mol. The van der Waals surface area contributed by atoms with Crippen LogP contribution in [-0.2, 0) is 6.54 Å². The van der Waals surface area contributed by atoms with E-state index in [0.29, 0.717) is 29.5 Å². The number of nitrogens with one attached hydrogen (secondary N) is 1. The average Bonchev–Trinajstić information content (AvgIpc) is 3.37. The second kappa shape index (κ2) is 8.15. The summed E-state index contributed by atoms with van der Waals surface area (Å²) in [5.74, 6) is 2.05. The maximum absolute atomic E-state index is 14.5. The summed E-state index contributed by atoms with van der Waals surface area (Å²) >= 11 is 0. The fraction of sp³-hybridized carbons (Fsp3) is 0.333. The van der Waals surface area contributed by atoms with Gasteiger partial charge in [0.15, 0.2) is 0 Å². The molecule has 0 radical (unpaired) electrons. The number of piperidine rings is 1. The van der Waals surface area contributed by atoms with E-state index in [2.05, 4.69) is 20.9 Å². The lowest BCUT2D eigenvalue weighted by Gasteiger charge is -2.34. The summed E-state index contributed by atoms with van der Waals surface area (Å²) in [5.41, 5.74) is 3.20. The highest BCUT2D eigenvalue weighted by Gasteiger charge is 2.28. The molecule has 7 heteroatoms. The Morgan fingerprint density at radius 2 is 2.06 bits per heavy atom. The molecule has 1 N–H and O–H groups in total. The molecule has 0 unspecified atom stereocenters. The average molecular weight is 420 g/mol. The van der Waals surface area contributed by atoms with Crippen LogP contribution in [0, 0.1) is 12.7 Å². The number of hydrogen-bond acceptors (Lipinski definition) is 5. The highest BCUT2D eigenvalue weighted by atomic mass is 19.1. The number of benzene rings is 2. The Bertz CT molecular complexity index is 1180. The third-order valence-electron chi connectivity index (χ3n) is 5.99. The molecule has 1 aliphatic heterocycles. The highest BCUT2D eigenvalue weighted by molar-refractivity contribution is 5.74. The third kappa shape index (κ3) is 3.81. The number of methoxy groups -OCH3 is 1. The number of likely N-dealkylation sites (tertiary alicyclic amines) is 1. The zero-order chi connectivity index (χ0) is 21.4. The number of ether oxygens (including phenoxy) is 1. The van der Waals surface area contributed by atoms with E-state index >= 15 is 0 Å². The Balaban J connectivity index is 1.41. The van der Waals surface area contributed by atoms with Crippen LogP contribution in [0.2, 0.25) is 0 Å². The molecule has 1 saturated heterocycles. The molecule has 31 heavy (non-hydrogen) atoms. The summed E-state index contributed by atoms with van der Waals surface area (Å²) in [6, 6.07) is 13.0. The third-order valence-corrected chi connectivity index (χ3v) is 5.99. The molecule has 0 amide bonds. The quantitative estimate of drug-likeness (QED) is 0.468. The molecule has 0 bridgehead atoms. The van der Waals surface area contributed by atoms with Crippen LogP contribution < -0.4 is 4.74 Å². The van der Waals surface area contributed by atoms with E-state index in [1.54, 1.807) is 12.1 Å². The van der Waals surface area contributed by atoms with Crippen molar-refractivity contribution in [2.75, 3.05) is 13.7 Å². The van der Waals surface area contributed by atoms with Crippen LogP contribution in [-0.4, -0.2) is 33.5 Å². The number of para-hydroxylation sites is 2. The van der Waals surface area contributed by atoms with Gasteiger partial charge in [-0.15, -0.1) is 0 Å². The minimum absolute atomic E-state index is 0.193. The van der Waals surface area contributed by atoms with Crippen LogP contribution in [0.4, 0.5) is 4.39 Å². The van der Waals surface area contributed by atoms with E-state index in [1.165, 1.54) is 13.2 Å². The summed E-state index contributed by atoms with van der Waals surface area (Å²) in [6.07, 6.45) is 3.34. The van der Waals surface area contributed by atoms with Crippen molar-refractivity contribution in [3.8, 4) is 17.2 Å².